The SMILES string of the molecule is CCOP(=O)(COCC1OC(n2cc(F)c(N)nc2=O)CS1)OCC. The molecule has 2 N–H and O–H groups in total. The van der Waals surface area contributed by atoms with Crippen LogP contribution in [0.15, 0.2) is 11.0 Å². The molecular formula is C13H21FN3O6PS. The van der Waals surface area contributed by atoms with E-state index >= 15 is 0 Å². The molecule has 1 aliphatic rings. The summed E-state index contributed by atoms with van der Waals surface area (Å²) in [5.74, 6) is -0.829. The van der Waals surface area contributed by atoms with Gasteiger partial charge in [-0.2, -0.15) is 4.98 Å². The lowest BCUT2D eigenvalue weighted by Crippen LogP contribution is -2.30. The smallest absolute Gasteiger partial charge is 0.356 e. The van der Waals surface area contributed by atoms with Crippen LogP contribution in [0.1, 0.15) is 20.1 Å². The number of aromatic nitrogens is 2. The summed E-state index contributed by atoms with van der Waals surface area (Å²) in [6.45, 7) is 4.03. The zero-order valence-corrected chi connectivity index (χ0v) is 15.6. The van der Waals surface area contributed by atoms with E-state index in [1.807, 2.05) is 0 Å². The molecule has 1 fully saturated rings. The Morgan fingerprint density at radius 3 is 2.80 bits per heavy atom. The fraction of sp³-hybridized carbons (Fsp3) is 0.692. The molecule has 2 atom stereocenters. The Kier molecular flexibility index (Phi) is 7.41. The van der Waals surface area contributed by atoms with Crippen LogP contribution in [0, 0.1) is 5.82 Å². The number of hydrogen-bond acceptors (Lipinski definition) is 9. The number of nitrogen functional groups attached to an aromatic ring is 1. The minimum atomic E-state index is -3.29. The highest BCUT2D eigenvalue weighted by molar-refractivity contribution is 8.00. The molecule has 25 heavy (non-hydrogen) atoms. The summed E-state index contributed by atoms with van der Waals surface area (Å²) in [7, 11) is -3.29. The minimum Gasteiger partial charge on any atom is -0.381 e. The summed E-state index contributed by atoms with van der Waals surface area (Å²) < 4.78 is 48.1. The third kappa shape index (κ3) is 5.50. The van der Waals surface area contributed by atoms with Gasteiger partial charge in [0.2, 0.25) is 0 Å². The number of nitrogens with zero attached hydrogens (tertiary/aromatic N) is 2. The fourth-order valence-electron chi connectivity index (χ4n) is 2.11. The number of hydrogen-bond donors (Lipinski definition) is 1. The number of thioether (sulfide) groups is 1. The van der Waals surface area contributed by atoms with Crippen molar-refractivity contribution in [3.05, 3.63) is 22.5 Å². The predicted octanol–water partition coefficient (Wildman–Crippen LogP) is 1.79. The predicted molar refractivity (Wildman–Crippen MR) is 90.9 cm³/mol. The lowest BCUT2D eigenvalue weighted by Gasteiger charge is -2.18. The van der Waals surface area contributed by atoms with Gasteiger partial charge in [-0.05, 0) is 13.8 Å². The maximum Gasteiger partial charge on any atom is 0.356 e. The van der Waals surface area contributed by atoms with Crippen molar-refractivity contribution in [2.75, 3.05) is 37.7 Å². The van der Waals surface area contributed by atoms with Gasteiger partial charge in [-0.3, -0.25) is 9.13 Å². The summed E-state index contributed by atoms with van der Waals surface area (Å²) in [6, 6.07) is 0. The van der Waals surface area contributed by atoms with Gasteiger partial charge in [-0.25, -0.2) is 9.18 Å². The quantitative estimate of drug-likeness (QED) is 0.623. The first kappa shape index (κ1) is 20.3. The van der Waals surface area contributed by atoms with Crippen molar-refractivity contribution < 1.29 is 27.5 Å². The largest absolute Gasteiger partial charge is 0.381 e. The normalized spacial score (nSPS) is 20.9. The van der Waals surface area contributed by atoms with Crippen molar-refractivity contribution in [1.82, 2.24) is 9.55 Å². The van der Waals surface area contributed by atoms with E-state index in [1.54, 1.807) is 13.8 Å². The van der Waals surface area contributed by atoms with Crippen LogP contribution in [0.2, 0.25) is 0 Å². The molecule has 142 valence electrons. The van der Waals surface area contributed by atoms with E-state index in [9.17, 15) is 13.8 Å². The molecule has 9 nitrogen and oxygen atoms in total. The van der Waals surface area contributed by atoms with Gasteiger partial charge in [0, 0.05) is 5.75 Å². The van der Waals surface area contributed by atoms with Crippen molar-refractivity contribution in [2.45, 2.75) is 25.5 Å². The Morgan fingerprint density at radius 2 is 2.16 bits per heavy atom. The summed E-state index contributed by atoms with van der Waals surface area (Å²) in [4.78, 5) is 15.2. The second kappa shape index (κ2) is 9.11. The minimum absolute atomic E-state index is 0.116. The van der Waals surface area contributed by atoms with Gasteiger partial charge in [-0.15, -0.1) is 11.8 Å². The van der Waals surface area contributed by atoms with Crippen LogP contribution in [0.5, 0.6) is 0 Å². The first-order valence-corrected chi connectivity index (χ1v) is 10.4. The molecule has 0 bridgehead atoms. The average Bonchev–Trinajstić information content (AvgIpc) is 3.00. The number of halogens is 1. The molecule has 1 aromatic heterocycles. The van der Waals surface area contributed by atoms with Crippen molar-refractivity contribution in [1.29, 1.82) is 0 Å². The molecule has 0 aromatic carbocycles. The van der Waals surface area contributed by atoms with Crippen LogP contribution in [0.25, 0.3) is 0 Å². The van der Waals surface area contributed by atoms with E-state index in [4.69, 9.17) is 24.3 Å². The Bertz CT molecular complexity index is 680. The average molecular weight is 397 g/mol. The molecule has 1 aromatic rings. The first-order chi connectivity index (χ1) is 11.9. The van der Waals surface area contributed by atoms with Crippen LogP contribution in [-0.2, 0) is 23.1 Å². The molecule has 0 aliphatic carbocycles. The van der Waals surface area contributed by atoms with Crippen molar-refractivity contribution in [3.63, 3.8) is 0 Å². The number of ether oxygens (including phenoxy) is 2. The third-order valence-corrected chi connectivity index (χ3v) is 6.03. The van der Waals surface area contributed by atoms with E-state index in [1.165, 1.54) is 11.8 Å². The highest BCUT2D eigenvalue weighted by Crippen LogP contribution is 2.48. The maximum absolute atomic E-state index is 13.5. The van der Waals surface area contributed by atoms with Gasteiger partial charge >= 0.3 is 13.3 Å². The fourth-order valence-corrected chi connectivity index (χ4v) is 4.46. The van der Waals surface area contributed by atoms with Crippen LogP contribution in [0.3, 0.4) is 0 Å². The molecule has 2 heterocycles. The van der Waals surface area contributed by atoms with E-state index in [0.29, 0.717) is 5.75 Å². The van der Waals surface area contributed by atoms with Crippen LogP contribution in [0.4, 0.5) is 10.2 Å². The van der Waals surface area contributed by atoms with Gasteiger partial charge in [0.05, 0.1) is 26.0 Å². The monoisotopic (exact) mass is 397 g/mol. The lowest BCUT2D eigenvalue weighted by molar-refractivity contribution is -0.0207. The molecule has 12 heteroatoms. The van der Waals surface area contributed by atoms with E-state index in [0.717, 1.165) is 10.8 Å². The molecule has 0 spiro atoms. The molecule has 0 radical (unpaired) electrons. The molecule has 2 unspecified atom stereocenters. The van der Waals surface area contributed by atoms with Gasteiger partial charge in [-0.1, -0.05) is 0 Å². The Balaban J connectivity index is 1.88. The van der Waals surface area contributed by atoms with Crippen molar-refractivity contribution in [3.8, 4) is 0 Å². The van der Waals surface area contributed by atoms with Crippen LogP contribution >= 0.6 is 19.4 Å². The van der Waals surface area contributed by atoms with Crippen LogP contribution < -0.4 is 11.4 Å². The van der Waals surface area contributed by atoms with Gasteiger partial charge < -0.3 is 24.3 Å². The van der Waals surface area contributed by atoms with Crippen molar-refractivity contribution in [2.24, 2.45) is 0 Å². The van der Waals surface area contributed by atoms with E-state index < -0.39 is 36.6 Å². The van der Waals surface area contributed by atoms with Gasteiger partial charge in [0.1, 0.15) is 18.0 Å². The van der Waals surface area contributed by atoms with Crippen LogP contribution in [-0.4, -0.2) is 46.9 Å². The summed E-state index contributed by atoms with van der Waals surface area (Å²) in [5, 5.41) is 0. The molecular weight excluding hydrogens is 376 g/mol. The zero-order valence-electron chi connectivity index (χ0n) is 13.9. The van der Waals surface area contributed by atoms with Gasteiger partial charge in [0.25, 0.3) is 0 Å². The summed E-state index contributed by atoms with van der Waals surface area (Å²) >= 11 is 1.38. The molecule has 1 saturated heterocycles. The number of rotatable bonds is 9. The summed E-state index contributed by atoms with van der Waals surface area (Å²) in [5.41, 5.74) is 4.16. The number of nitrogens with two attached hydrogens (primary N) is 1. The third-order valence-electron chi connectivity index (χ3n) is 3.13. The van der Waals surface area contributed by atoms with Gasteiger partial charge in [0.15, 0.2) is 11.6 Å². The highest BCUT2D eigenvalue weighted by atomic mass is 32.2. The zero-order chi connectivity index (χ0) is 18.4. The lowest BCUT2D eigenvalue weighted by atomic mass is 10.5. The van der Waals surface area contributed by atoms with E-state index in [2.05, 4.69) is 4.98 Å². The Hall–Kier alpha value is -0.970. The molecule has 0 saturated carbocycles. The maximum atomic E-state index is 13.5. The highest BCUT2D eigenvalue weighted by Gasteiger charge is 2.30. The molecule has 2 rings (SSSR count). The summed E-state index contributed by atoms with van der Waals surface area (Å²) in [6.07, 6.45) is 0.0919. The van der Waals surface area contributed by atoms with Crippen molar-refractivity contribution >= 4 is 25.2 Å². The molecule has 0 amide bonds. The first-order valence-electron chi connectivity index (χ1n) is 7.65. The second-order valence-corrected chi connectivity index (χ2v) is 8.15. The topological polar surface area (TPSA) is 115 Å². The second-order valence-electron chi connectivity index (χ2n) is 4.96. The van der Waals surface area contributed by atoms with E-state index in [-0.39, 0.29) is 26.2 Å². The standard InChI is InChI=1S/C13H21FN3O6PS/c1-3-21-24(19,22-4-2)8-20-6-11-23-10(7-25-11)17-5-9(14)12(15)16-13(17)18/h5,10-11H,3-4,6-8H2,1-2H3,(H2,15,16,18). The Labute approximate surface area is 148 Å². The molecule has 1 aliphatic heterocycles. The number of anilines is 1. The Morgan fingerprint density at radius 1 is 1.48 bits per heavy atom.